The number of benzene rings is 1. The fourth-order valence-corrected chi connectivity index (χ4v) is 2.87. The molecule has 1 saturated heterocycles. The summed E-state index contributed by atoms with van der Waals surface area (Å²) in [5.74, 6) is -1.67. The molecule has 1 aromatic carbocycles. The first-order chi connectivity index (χ1) is 11.2. The monoisotopic (exact) mass is 348 g/mol. The van der Waals surface area contributed by atoms with Crippen molar-refractivity contribution in [3.05, 3.63) is 30.1 Å². The molecule has 0 aliphatic carbocycles. The minimum absolute atomic E-state index is 0.165. The van der Waals surface area contributed by atoms with E-state index in [1.54, 1.807) is 17.9 Å². The van der Waals surface area contributed by atoms with E-state index in [9.17, 15) is 27.5 Å². The van der Waals surface area contributed by atoms with Gasteiger partial charge in [-0.1, -0.05) is 6.07 Å². The van der Waals surface area contributed by atoms with Crippen molar-refractivity contribution in [2.24, 2.45) is 5.92 Å². The van der Waals surface area contributed by atoms with Gasteiger partial charge in [0.15, 0.2) is 6.10 Å². The highest BCUT2D eigenvalue weighted by molar-refractivity contribution is 5.94. The fourth-order valence-electron chi connectivity index (χ4n) is 2.87. The Labute approximate surface area is 137 Å². The summed E-state index contributed by atoms with van der Waals surface area (Å²) in [4.78, 5) is 14.0. The summed E-state index contributed by atoms with van der Waals surface area (Å²) in [6.07, 6.45) is -6.61. The van der Waals surface area contributed by atoms with E-state index < -0.39 is 30.1 Å². The molecule has 2 rings (SSSR count). The molecule has 1 aliphatic heterocycles. The van der Waals surface area contributed by atoms with Crippen molar-refractivity contribution in [1.82, 2.24) is 4.90 Å². The fraction of sp³-hybridized carbons (Fsp3) is 0.562. The lowest BCUT2D eigenvalue weighted by molar-refractivity contribution is -0.223. The number of piperidine rings is 1. The average Bonchev–Trinajstić information content (AvgIpc) is 2.52. The van der Waals surface area contributed by atoms with Crippen LogP contribution in [0, 0.1) is 11.7 Å². The topological polar surface area (TPSA) is 52.6 Å². The molecule has 0 spiro atoms. The Balaban J connectivity index is 1.88. The number of halogens is 4. The third-order valence-corrected chi connectivity index (χ3v) is 4.38. The molecule has 2 unspecified atom stereocenters. The number of hydrogen-bond acceptors (Lipinski definition) is 3. The lowest BCUT2D eigenvalue weighted by Gasteiger charge is -2.37. The third-order valence-electron chi connectivity index (χ3n) is 4.38. The second kappa shape index (κ2) is 7.48. The number of alkyl halides is 3. The smallest absolute Gasteiger partial charge is 0.383 e. The molecule has 0 saturated carbocycles. The Morgan fingerprint density at radius 3 is 2.50 bits per heavy atom. The SMILES string of the molecule is CC(C(=O)Nc1cccc(F)c1)N1CCC(C(O)C(F)(F)F)CC1. The Morgan fingerprint density at radius 1 is 1.33 bits per heavy atom. The first-order valence-electron chi connectivity index (χ1n) is 7.73. The van der Waals surface area contributed by atoms with E-state index in [1.807, 2.05) is 0 Å². The van der Waals surface area contributed by atoms with E-state index in [1.165, 1.54) is 18.2 Å². The number of hydrogen-bond donors (Lipinski definition) is 2. The zero-order valence-electron chi connectivity index (χ0n) is 13.2. The van der Waals surface area contributed by atoms with Gasteiger partial charge in [0.1, 0.15) is 5.82 Å². The van der Waals surface area contributed by atoms with Crippen molar-refractivity contribution in [3.63, 3.8) is 0 Å². The number of anilines is 1. The van der Waals surface area contributed by atoms with Gasteiger partial charge in [0.05, 0.1) is 6.04 Å². The number of aliphatic hydroxyl groups excluding tert-OH is 1. The van der Waals surface area contributed by atoms with Crippen LogP contribution in [-0.4, -0.2) is 47.3 Å². The molecule has 8 heteroatoms. The summed E-state index contributed by atoms with van der Waals surface area (Å²) in [5.41, 5.74) is 0.328. The normalized spacial score (nSPS) is 19.8. The zero-order chi connectivity index (χ0) is 17.9. The highest BCUT2D eigenvalue weighted by Crippen LogP contribution is 2.32. The number of rotatable bonds is 4. The molecule has 24 heavy (non-hydrogen) atoms. The molecule has 2 N–H and O–H groups in total. The maximum Gasteiger partial charge on any atom is 0.414 e. The van der Waals surface area contributed by atoms with E-state index in [0.29, 0.717) is 5.69 Å². The van der Waals surface area contributed by atoms with Crippen LogP contribution in [0.3, 0.4) is 0 Å². The van der Waals surface area contributed by atoms with E-state index in [-0.39, 0.29) is 31.8 Å². The van der Waals surface area contributed by atoms with Crippen molar-refractivity contribution >= 4 is 11.6 Å². The van der Waals surface area contributed by atoms with Crippen LogP contribution in [0.15, 0.2) is 24.3 Å². The number of amides is 1. The van der Waals surface area contributed by atoms with Crippen LogP contribution in [0.1, 0.15) is 19.8 Å². The second-order valence-electron chi connectivity index (χ2n) is 6.04. The maximum absolute atomic E-state index is 13.1. The van der Waals surface area contributed by atoms with Crippen LogP contribution in [0.25, 0.3) is 0 Å². The predicted molar refractivity (Wildman–Crippen MR) is 80.9 cm³/mol. The Kier molecular flexibility index (Phi) is 5.82. The van der Waals surface area contributed by atoms with E-state index in [2.05, 4.69) is 5.32 Å². The molecule has 1 aliphatic rings. The van der Waals surface area contributed by atoms with Crippen LogP contribution >= 0.6 is 0 Å². The van der Waals surface area contributed by atoms with Crippen LogP contribution in [-0.2, 0) is 4.79 Å². The van der Waals surface area contributed by atoms with Gasteiger partial charge in [-0.3, -0.25) is 9.69 Å². The summed E-state index contributed by atoms with van der Waals surface area (Å²) in [5, 5.41) is 11.9. The van der Waals surface area contributed by atoms with Crippen molar-refractivity contribution in [3.8, 4) is 0 Å². The van der Waals surface area contributed by atoms with E-state index >= 15 is 0 Å². The molecular formula is C16H20F4N2O2. The van der Waals surface area contributed by atoms with Gasteiger partial charge in [-0.2, -0.15) is 13.2 Å². The molecule has 4 nitrogen and oxygen atoms in total. The first kappa shape index (κ1) is 18.7. The number of aliphatic hydroxyl groups is 1. The number of nitrogens with zero attached hydrogens (tertiary/aromatic N) is 1. The van der Waals surface area contributed by atoms with E-state index in [0.717, 1.165) is 0 Å². The molecule has 1 heterocycles. The van der Waals surface area contributed by atoms with Crippen LogP contribution in [0.5, 0.6) is 0 Å². The zero-order valence-corrected chi connectivity index (χ0v) is 13.2. The minimum Gasteiger partial charge on any atom is -0.383 e. The lowest BCUT2D eigenvalue weighted by atomic mass is 9.90. The van der Waals surface area contributed by atoms with Crippen molar-refractivity contribution < 1.29 is 27.5 Å². The number of carbonyl (C=O) groups excluding carboxylic acids is 1. The van der Waals surface area contributed by atoms with Gasteiger partial charge in [0.25, 0.3) is 0 Å². The highest BCUT2D eigenvalue weighted by atomic mass is 19.4. The van der Waals surface area contributed by atoms with Crippen molar-refractivity contribution in [2.45, 2.75) is 38.1 Å². The van der Waals surface area contributed by atoms with Crippen LogP contribution in [0.2, 0.25) is 0 Å². The molecule has 0 aromatic heterocycles. The predicted octanol–water partition coefficient (Wildman–Crippen LogP) is 2.79. The average molecular weight is 348 g/mol. The Bertz CT molecular complexity index is 571. The largest absolute Gasteiger partial charge is 0.414 e. The standard InChI is InChI=1S/C16H20F4N2O2/c1-10(15(24)21-13-4-2-3-12(17)9-13)22-7-5-11(6-8-22)14(23)16(18,19)20/h2-4,9-11,14,23H,5-8H2,1H3,(H,21,24). The van der Waals surface area contributed by atoms with Gasteiger partial charge < -0.3 is 10.4 Å². The second-order valence-corrected chi connectivity index (χ2v) is 6.04. The maximum atomic E-state index is 13.1. The number of nitrogens with one attached hydrogen (secondary N) is 1. The van der Waals surface area contributed by atoms with Crippen LogP contribution in [0.4, 0.5) is 23.2 Å². The van der Waals surface area contributed by atoms with Gasteiger partial charge >= 0.3 is 6.18 Å². The molecule has 1 amide bonds. The summed E-state index contributed by atoms with van der Waals surface area (Å²) in [6.45, 7) is 2.22. The molecule has 0 radical (unpaired) electrons. The van der Waals surface area contributed by atoms with Crippen molar-refractivity contribution in [1.29, 1.82) is 0 Å². The molecular weight excluding hydrogens is 328 g/mol. The molecule has 2 atom stereocenters. The molecule has 0 bridgehead atoms. The van der Waals surface area contributed by atoms with Gasteiger partial charge in [-0.25, -0.2) is 4.39 Å². The first-order valence-corrected chi connectivity index (χ1v) is 7.73. The van der Waals surface area contributed by atoms with Gasteiger partial charge in [-0.15, -0.1) is 0 Å². The van der Waals surface area contributed by atoms with Crippen molar-refractivity contribution in [2.75, 3.05) is 18.4 Å². The summed E-state index contributed by atoms with van der Waals surface area (Å²) in [7, 11) is 0. The van der Waals surface area contributed by atoms with Gasteiger partial charge in [-0.05, 0) is 57.0 Å². The summed E-state index contributed by atoms with van der Waals surface area (Å²) < 4.78 is 50.7. The summed E-state index contributed by atoms with van der Waals surface area (Å²) in [6, 6.07) is 4.92. The number of likely N-dealkylation sites (tertiary alicyclic amines) is 1. The van der Waals surface area contributed by atoms with Gasteiger partial charge in [0.2, 0.25) is 5.91 Å². The summed E-state index contributed by atoms with van der Waals surface area (Å²) >= 11 is 0. The van der Waals surface area contributed by atoms with Crippen LogP contribution < -0.4 is 5.32 Å². The third kappa shape index (κ3) is 4.67. The Hall–Kier alpha value is -1.67. The van der Waals surface area contributed by atoms with Gasteiger partial charge in [0, 0.05) is 5.69 Å². The molecule has 1 fully saturated rings. The highest BCUT2D eigenvalue weighted by Gasteiger charge is 2.44. The molecule has 1 aromatic rings. The number of carbonyl (C=O) groups is 1. The minimum atomic E-state index is -4.62. The quantitative estimate of drug-likeness (QED) is 0.823. The lowest BCUT2D eigenvalue weighted by Crippen LogP contribution is -2.49. The Morgan fingerprint density at radius 2 is 1.96 bits per heavy atom. The molecule has 134 valence electrons. The van der Waals surface area contributed by atoms with E-state index in [4.69, 9.17) is 0 Å².